The number of rotatable bonds is 0. The third kappa shape index (κ3) is 5.49. The van der Waals surface area contributed by atoms with E-state index in [1.807, 2.05) is 0 Å². The average Bonchev–Trinajstić information content (AvgIpc) is 3.10. The Bertz CT molecular complexity index is 1610. The fourth-order valence-electron chi connectivity index (χ4n) is 18.9. The summed E-state index contributed by atoms with van der Waals surface area (Å²) >= 11 is 0. The lowest BCUT2D eigenvalue weighted by atomic mass is 9.50. The van der Waals surface area contributed by atoms with Crippen LogP contribution in [0.25, 0.3) is 0 Å². The molecule has 16 aliphatic carbocycles. The molecule has 17 rings (SSSR count). The van der Waals surface area contributed by atoms with E-state index in [2.05, 4.69) is 59.5 Å². The minimum Gasteiger partial charge on any atom is -0.0910 e. The SMILES string of the molecule is C(#CC12CC3CC(CC(C3)C1)C2)c1cc(C#CC23CC4CC(CC(C4)C2)C3)c(C#CC23CC4CC(CC(C4)C2)C3)cc1C#CC12CC3CC(CC(C3)C1)C2. The van der Waals surface area contributed by atoms with E-state index in [4.69, 9.17) is 0 Å². The first-order chi connectivity index (χ1) is 26.3. The van der Waals surface area contributed by atoms with Gasteiger partial charge in [0.15, 0.2) is 0 Å². The average molecular weight is 711 g/mol. The van der Waals surface area contributed by atoms with E-state index < -0.39 is 0 Å². The monoisotopic (exact) mass is 710 g/mol. The van der Waals surface area contributed by atoms with E-state index in [0.717, 1.165) is 71.0 Å². The summed E-state index contributed by atoms with van der Waals surface area (Å²) in [5.74, 6) is 43.3. The van der Waals surface area contributed by atoms with Gasteiger partial charge in [0, 0.05) is 43.9 Å². The van der Waals surface area contributed by atoms with E-state index in [1.165, 1.54) is 176 Å². The van der Waals surface area contributed by atoms with Crippen molar-refractivity contribution in [3.05, 3.63) is 34.4 Å². The summed E-state index contributed by atoms with van der Waals surface area (Å²) in [5.41, 5.74) is 5.67. The van der Waals surface area contributed by atoms with Crippen molar-refractivity contribution < 1.29 is 0 Å². The molecule has 16 saturated carbocycles. The van der Waals surface area contributed by atoms with Gasteiger partial charge >= 0.3 is 0 Å². The predicted molar refractivity (Wildman–Crippen MR) is 216 cm³/mol. The molecular formula is C54H62. The molecule has 0 spiro atoms. The maximum Gasteiger partial charge on any atom is 0.0415 e. The van der Waals surface area contributed by atoms with Gasteiger partial charge < -0.3 is 0 Å². The standard InChI is InChI=1S/C54H62/c1(5-51-23-35-9-36(24-51)11-37(10-35)25-51)47-21-49(3-7-53-29-41-15-42(30-53)17-43(16-41)31-53)50(4-8-54-32-44-18-45(33-54)20-46(19-44)34-54)22-48(47)2-6-52-26-38-12-39(27-52)14-40(13-38)28-52/h21-22,35-46H,9-20,23-34H2. The van der Waals surface area contributed by atoms with Crippen LogP contribution < -0.4 is 0 Å². The van der Waals surface area contributed by atoms with Crippen LogP contribution in [0.1, 0.15) is 176 Å². The molecule has 0 N–H and O–H groups in total. The number of benzene rings is 1. The molecule has 54 heavy (non-hydrogen) atoms. The third-order valence-corrected chi connectivity index (χ3v) is 19.2. The zero-order valence-corrected chi connectivity index (χ0v) is 33.1. The molecule has 16 aliphatic rings. The highest BCUT2D eigenvalue weighted by Gasteiger charge is 2.53. The molecule has 0 heterocycles. The minimum atomic E-state index is 0.237. The smallest absolute Gasteiger partial charge is 0.0415 e. The second-order valence-electron chi connectivity index (χ2n) is 23.7. The van der Waals surface area contributed by atoms with Crippen molar-refractivity contribution >= 4 is 0 Å². The first kappa shape index (κ1) is 32.5. The summed E-state index contributed by atoms with van der Waals surface area (Å²) in [7, 11) is 0. The van der Waals surface area contributed by atoms with Crippen LogP contribution in [0.5, 0.6) is 0 Å². The van der Waals surface area contributed by atoms with Crippen LogP contribution in [0.3, 0.4) is 0 Å². The van der Waals surface area contributed by atoms with E-state index >= 15 is 0 Å². The van der Waals surface area contributed by atoms with Crippen LogP contribution >= 0.6 is 0 Å². The Morgan fingerprint density at radius 2 is 0.407 bits per heavy atom. The van der Waals surface area contributed by atoms with Gasteiger partial charge in [0.1, 0.15) is 0 Å². The van der Waals surface area contributed by atoms with Crippen molar-refractivity contribution in [2.24, 2.45) is 92.7 Å². The molecule has 0 unspecified atom stereocenters. The molecule has 0 saturated heterocycles. The van der Waals surface area contributed by atoms with Gasteiger partial charge in [0.25, 0.3) is 0 Å². The predicted octanol–water partition coefficient (Wildman–Crippen LogP) is 12.0. The van der Waals surface area contributed by atoms with Crippen molar-refractivity contribution in [3.63, 3.8) is 0 Å². The molecule has 0 nitrogen and oxygen atoms in total. The van der Waals surface area contributed by atoms with Gasteiger partial charge in [0.2, 0.25) is 0 Å². The molecule has 0 aromatic heterocycles. The fraction of sp³-hybridized carbons (Fsp3) is 0.741. The highest BCUT2D eigenvalue weighted by atomic mass is 14.6. The van der Waals surface area contributed by atoms with Gasteiger partial charge in [-0.05, 0) is 237 Å². The summed E-state index contributed by atoms with van der Waals surface area (Å²) in [5, 5.41) is 0. The lowest BCUT2D eigenvalue weighted by molar-refractivity contribution is -0.0183. The van der Waals surface area contributed by atoms with Crippen LogP contribution in [-0.4, -0.2) is 0 Å². The van der Waals surface area contributed by atoms with Gasteiger partial charge in [0.05, 0.1) is 0 Å². The lowest BCUT2D eigenvalue weighted by Gasteiger charge is -2.54. The molecule has 0 atom stereocenters. The molecule has 1 aromatic rings. The number of hydrogen-bond acceptors (Lipinski definition) is 0. The molecule has 16 bridgehead atoms. The molecule has 0 amide bonds. The van der Waals surface area contributed by atoms with E-state index in [9.17, 15) is 0 Å². The van der Waals surface area contributed by atoms with E-state index in [-0.39, 0.29) is 21.7 Å². The van der Waals surface area contributed by atoms with Crippen LogP contribution in [0.4, 0.5) is 0 Å². The Kier molecular flexibility index (Phi) is 6.95. The first-order valence-electron chi connectivity index (χ1n) is 23.6. The highest BCUT2D eigenvalue weighted by molar-refractivity contribution is 5.62. The van der Waals surface area contributed by atoms with Crippen LogP contribution in [0, 0.1) is 140 Å². The molecule has 0 aliphatic heterocycles. The van der Waals surface area contributed by atoms with Gasteiger partial charge in [-0.1, -0.05) is 47.4 Å². The van der Waals surface area contributed by atoms with Gasteiger partial charge in [-0.25, -0.2) is 0 Å². The van der Waals surface area contributed by atoms with Crippen LogP contribution in [0.15, 0.2) is 12.1 Å². The van der Waals surface area contributed by atoms with Crippen molar-refractivity contribution in [3.8, 4) is 47.4 Å². The van der Waals surface area contributed by atoms with Crippen molar-refractivity contribution in [1.82, 2.24) is 0 Å². The molecule has 0 radical (unpaired) electrons. The van der Waals surface area contributed by atoms with Crippen LogP contribution in [-0.2, 0) is 0 Å². The van der Waals surface area contributed by atoms with E-state index in [0.29, 0.717) is 0 Å². The largest absolute Gasteiger partial charge is 0.0910 e. The quantitative estimate of drug-likeness (QED) is 0.235. The Morgan fingerprint density at radius 3 is 0.556 bits per heavy atom. The molecular weight excluding hydrogens is 649 g/mol. The van der Waals surface area contributed by atoms with Gasteiger partial charge in [-0.3, -0.25) is 0 Å². The highest BCUT2D eigenvalue weighted by Crippen LogP contribution is 2.63. The summed E-state index contributed by atoms with van der Waals surface area (Å²) in [6.07, 6.45) is 33.8. The molecule has 278 valence electrons. The van der Waals surface area contributed by atoms with Crippen molar-refractivity contribution in [2.75, 3.05) is 0 Å². The Morgan fingerprint density at radius 1 is 0.259 bits per heavy atom. The van der Waals surface area contributed by atoms with Crippen LogP contribution in [0.2, 0.25) is 0 Å². The zero-order chi connectivity index (χ0) is 35.3. The lowest BCUT2D eigenvalue weighted by Crippen LogP contribution is -2.45. The minimum absolute atomic E-state index is 0.237. The third-order valence-electron chi connectivity index (χ3n) is 19.2. The van der Waals surface area contributed by atoms with Crippen molar-refractivity contribution in [1.29, 1.82) is 0 Å². The normalized spacial score (nSPS) is 51.1. The Hall–Kier alpha value is -2.54. The summed E-state index contributed by atoms with van der Waals surface area (Å²) in [6, 6.07) is 4.88. The second-order valence-corrected chi connectivity index (χ2v) is 23.7. The summed E-state index contributed by atoms with van der Waals surface area (Å²) in [6.45, 7) is 0. The Balaban J connectivity index is 0.939. The molecule has 1 aromatic carbocycles. The first-order valence-corrected chi connectivity index (χ1v) is 23.6. The topological polar surface area (TPSA) is 0 Å². The molecule has 16 fully saturated rings. The number of hydrogen-bond donors (Lipinski definition) is 0. The van der Waals surface area contributed by atoms with Crippen molar-refractivity contribution in [2.45, 2.75) is 154 Å². The molecule has 0 heteroatoms. The summed E-state index contributed by atoms with van der Waals surface area (Å²) in [4.78, 5) is 0. The van der Waals surface area contributed by atoms with Gasteiger partial charge in [-0.2, -0.15) is 0 Å². The Labute approximate surface area is 327 Å². The second kappa shape index (κ2) is 11.5. The van der Waals surface area contributed by atoms with E-state index in [1.54, 1.807) is 0 Å². The van der Waals surface area contributed by atoms with Gasteiger partial charge in [-0.15, -0.1) is 0 Å². The fourth-order valence-corrected chi connectivity index (χ4v) is 18.9. The maximum atomic E-state index is 4.09. The maximum absolute atomic E-state index is 4.09. The zero-order valence-electron chi connectivity index (χ0n) is 33.1. The summed E-state index contributed by atoms with van der Waals surface area (Å²) < 4.78 is 0.